The highest BCUT2D eigenvalue weighted by Crippen LogP contribution is 2.28. The van der Waals surface area contributed by atoms with Crippen molar-refractivity contribution >= 4 is 39.6 Å². The average Bonchev–Trinajstić information content (AvgIpc) is 2.73. The van der Waals surface area contributed by atoms with Crippen LogP contribution in [-0.2, 0) is 0 Å². The summed E-state index contributed by atoms with van der Waals surface area (Å²) in [5.74, 6) is 0. The number of aromatic nitrogens is 1. The number of rotatable bonds is 1. The highest BCUT2D eigenvalue weighted by atomic mass is 32.1. The van der Waals surface area contributed by atoms with E-state index in [-0.39, 0.29) is 0 Å². The minimum Gasteiger partial charge on any atom is -0.289 e. The fraction of sp³-hybridized carbons (Fsp3) is 0.133. The Bertz CT molecular complexity index is 687. The third kappa shape index (κ3) is 1.63. The number of nitrogens with zero attached hydrogens (tertiary/aromatic N) is 2. The normalized spacial score (nSPS) is 12.4. The van der Waals surface area contributed by atoms with E-state index in [1.165, 1.54) is 10.8 Å². The maximum absolute atomic E-state index is 4.53. The number of aliphatic imine (C=N–C) groups is 1. The molecule has 0 spiro atoms. The van der Waals surface area contributed by atoms with Crippen molar-refractivity contribution in [1.29, 1.82) is 0 Å². The first-order chi connectivity index (χ1) is 8.83. The second-order valence-electron chi connectivity index (χ2n) is 4.14. The molecule has 0 amide bonds. The molecule has 0 radical (unpaired) electrons. The van der Waals surface area contributed by atoms with Crippen molar-refractivity contribution in [2.24, 2.45) is 4.99 Å². The van der Waals surface area contributed by atoms with E-state index in [9.17, 15) is 0 Å². The highest BCUT2D eigenvalue weighted by molar-refractivity contribution is 7.96. The van der Waals surface area contributed by atoms with Crippen LogP contribution in [0.3, 0.4) is 0 Å². The molecular formula is C15H14N2S. The maximum atomic E-state index is 4.53. The Morgan fingerprint density at radius 3 is 2.00 bits per heavy atom. The molecule has 0 atom stereocenters. The van der Waals surface area contributed by atoms with E-state index in [4.69, 9.17) is 0 Å². The first kappa shape index (κ1) is 11.4. The van der Waals surface area contributed by atoms with Gasteiger partial charge in [-0.1, -0.05) is 36.4 Å². The van der Waals surface area contributed by atoms with Crippen LogP contribution >= 0.6 is 12.6 Å². The molecule has 0 unspecified atom stereocenters. The van der Waals surface area contributed by atoms with Crippen molar-refractivity contribution < 1.29 is 0 Å². The van der Waals surface area contributed by atoms with Gasteiger partial charge >= 0.3 is 0 Å². The molecule has 3 rings (SSSR count). The first-order valence-electron chi connectivity index (χ1n) is 6.05. The van der Waals surface area contributed by atoms with Gasteiger partial charge in [0.15, 0.2) is 5.17 Å². The first-order valence-corrected chi connectivity index (χ1v) is 6.49. The van der Waals surface area contributed by atoms with E-state index in [2.05, 4.69) is 58.6 Å². The summed E-state index contributed by atoms with van der Waals surface area (Å²) in [6.07, 6.45) is 0. The van der Waals surface area contributed by atoms with E-state index in [1.54, 1.807) is 0 Å². The van der Waals surface area contributed by atoms with Gasteiger partial charge in [0.2, 0.25) is 0 Å². The van der Waals surface area contributed by atoms with Gasteiger partial charge < -0.3 is 0 Å². The molecule has 90 valence electrons. The molecule has 0 aliphatic carbocycles. The van der Waals surface area contributed by atoms with Gasteiger partial charge in [-0.15, -0.1) is 12.6 Å². The maximum Gasteiger partial charge on any atom is 0.165 e. The fourth-order valence-corrected chi connectivity index (χ4v) is 2.71. The van der Waals surface area contributed by atoms with Crippen LogP contribution in [0, 0.1) is 0 Å². The number of fused-ring (bicyclic) bond motifs is 3. The van der Waals surface area contributed by atoms with Crippen LogP contribution in [-0.4, -0.2) is 16.3 Å². The van der Waals surface area contributed by atoms with Crippen LogP contribution < -0.4 is 0 Å². The standard InChI is InChI=1S/C15H14N2S/c1-2-16-15(18)17-13-9-5-3-7-11(13)12-8-4-6-10-14(12)17/h3-10H,2H2,1H3,(H,16,18). The zero-order chi connectivity index (χ0) is 12.5. The van der Waals surface area contributed by atoms with Crippen molar-refractivity contribution in [2.75, 3.05) is 6.54 Å². The number of thiol groups is 1. The molecule has 3 heteroatoms. The molecule has 2 nitrogen and oxygen atoms in total. The lowest BCUT2D eigenvalue weighted by Crippen LogP contribution is -2.04. The molecule has 2 aromatic carbocycles. The van der Waals surface area contributed by atoms with Crippen molar-refractivity contribution in [3.05, 3.63) is 48.5 Å². The van der Waals surface area contributed by atoms with Gasteiger partial charge in [-0.25, -0.2) is 0 Å². The van der Waals surface area contributed by atoms with Crippen molar-refractivity contribution in [2.45, 2.75) is 6.92 Å². The van der Waals surface area contributed by atoms with E-state index in [0.29, 0.717) is 0 Å². The van der Waals surface area contributed by atoms with Gasteiger partial charge in [-0.3, -0.25) is 9.56 Å². The largest absolute Gasteiger partial charge is 0.289 e. The second kappa shape index (κ2) is 4.50. The lowest BCUT2D eigenvalue weighted by atomic mass is 10.2. The molecule has 0 fully saturated rings. The Kier molecular flexibility index (Phi) is 2.84. The molecule has 18 heavy (non-hydrogen) atoms. The molecule has 0 N–H and O–H groups in total. The number of hydrogen-bond donors (Lipinski definition) is 1. The predicted molar refractivity (Wildman–Crippen MR) is 81.8 cm³/mol. The summed E-state index contributed by atoms with van der Waals surface area (Å²) in [5, 5.41) is 3.23. The number of hydrogen-bond acceptors (Lipinski definition) is 1. The van der Waals surface area contributed by atoms with E-state index in [1.807, 2.05) is 19.1 Å². The fourth-order valence-electron chi connectivity index (χ4n) is 2.35. The molecule has 0 bridgehead atoms. The molecule has 1 aromatic heterocycles. The molecule has 0 aliphatic heterocycles. The van der Waals surface area contributed by atoms with Gasteiger partial charge in [0, 0.05) is 17.3 Å². The van der Waals surface area contributed by atoms with Gasteiger partial charge in [0.1, 0.15) is 0 Å². The summed E-state index contributed by atoms with van der Waals surface area (Å²) in [4.78, 5) is 4.41. The quantitative estimate of drug-likeness (QED) is 0.385. The summed E-state index contributed by atoms with van der Waals surface area (Å²) in [5.41, 5.74) is 2.31. The topological polar surface area (TPSA) is 17.3 Å². The second-order valence-corrected chi connectivity index (χ2v) is 4.54. The van der Waals surface area contributed by atoms with Gasteiger partial charge in [-0.05, 0) is 19.1 Å². The monoisotopic (exact) mass is 254 g/mol. The minimum atomic E-state index is 0.736. The van der Waals surface area contributed by atoms with E-state index < -0.39 is 0 Å². The molecular weight excluding hydrogens is 240 g/mol. The van der Waals surface area contributed by atoms with Crippen molar-refractivity contribution in [3.63, 3.8) is 0 Å². The summed E-state index contributed by atoms with van der Waals surface area (Å²) >= 11 is 4.53. The Labute approximate surface area is 111 Å². The Balaban J connectivity index is 2.49. The lowest BCUT2D eigenvalue weighted by molar-refractivity contribution is 1.11. The molecule has 3 aromatic rings. The predicted octanol–water partition coefficient (Wildman–Crippen LogP) is 3.95. The van der Waals surface area contributed by atoms with E-state index in [0.717, 1.165) is 22.7 Å². The van der Waals surface area contributed by atoms with Crippen LogP contribution in [0.5, 0.6) is 0 Å². The van der Waals surface area contributed by atoms with Crippen LogP contribution in [0.15, 0.2) is 53.5 Å². The van der Waals surface area contributed by atoms with Crippen molar-refractivity contribution in [3.8, 4) is 0 Å². The Hall–Kier alpha value is -1.74. The summed E-state index contributed by atoms with van der Waals surface area (Å²) in [7, 11) is 0. The van der Waals surface area contributed by atoms with Crippen LogP contribution in [0.1, 0.15) is 6.92 Å². The number of benzene rings is 2. The van der Waals surface area contributed by atoms with E-state index >= 15 is 0 Å². The lowest BCUT2D eigenvalue weighted by Gasteiger charge is -2.05. The van der Waals surface area contributed by atoms with Crippen molar-refractivity contribution in [1.82, 2.24) is 4.57 Å². The molecule has 1 heterocycles. The zero-order valence-electron chi connectivity index (χ0n) is 10.2. The summed E-state index contributed by atoms with van der Waals surface area (Å²) in [6.45, 7) is 2.75. The van der Waals surface area contributed by atoms with Crippen LogP contribution in [0.2, 0.25) is 0 Å². The number of para-hydroxylation sites is 2. The third-order valence-electron chi connectivity index (χ3n) is 3.08. The Morgan fingerprint density at radius 1 is 1.00 bits per heavy atom. The van der Waals surface area contributed by atoms with Crippen LogP contribution in [0.4, 0.5) is 0 Å². The molecule has 0 saturated carbocycles. The smallest absolute Gasteiger partial charge is 0.165 e. The molecule has 0 saturated heterocycles. The minimum absolute atomic E-state index is 0.736. The summed E-state index contributed by atoms with van der Waals surface area (Å²) in [6, 6.07) is 16.7. The zero-order valence-corrected chi connectivity index (χ0v) is 11.1. The average molecular weight is 254 g/mol. The summed E-state index contributed by atoms with van der Waals surface area (Å²) < 4.78 is 2.11. The van der Waals surface area contributed by atoms with Crippen LogP contribution in [0.25, 0.3) is 21.8 Å². The van der Waals surface area contributed by atoms with Gasteiger partial charge in [0.25, 0.3) is 0 Å². The Morgan fingerprint density at radius 2 is 1.50 bits per heavy atom. The third-order valence-corrected chi connectivity index (χ3v) is 3.42. The molecule has 0 aliphatic rings. The SMILES string of the molecule is CC/N=C(\S)n1c2ccccc2c2ccccc21. The highest BCUT2D eigenvalue weighted by Gasteiger charge is 2.11. The van der Waals surface area contributed by atoms with Gasteiger partial charge in [0.05, 0.1) is 11.0 Å². The van der Waals surface area contributed by atoms with Gasteiger partial charge in [-0.2, -0.15) is 0 Å².